The Morgan fingerprint density at radius 2 is 1.66 bits per heavy atom. The summed E-state index contributed by atoms with van der Waals surface area (Å²) in [5.41, 5.74) is 3.87. The first-order chi connectivity index (χ1) is 17.2. The molecule has 1 heterocycles. The van der Waals surface area contributed by atoms with Crippen molar-refractivity contribution in [1.82, 2.24) is 20.1 Å². The third kappa shape index (κ3) is 6.49. The number of thioether (sulfide) groups is 1. The summed E-state index contributed by atoms with van der Waals surface area (Å²) in [7, 11) is 3.27. The maximum atomic E-state index is 12.2. The van der Waals surface area contributed by atoms with Gasteiger partial charge in [0, 0.05) is 37.1 Å². The Morgan fingerprint density at radius 3 is 2.34 bits per heavy atom. The minimum atomic E-state index is -0.106. The molecule has 0 saturated carbocycles. The van der Waals surface area contributed by atoms with E-state index in [2.05, 4.69) is 32.2 Å². The summed E-state index contributed by atoms with van der Waals surface area (Å²) in [5, 5.41) is 12.7. The summed E-state index contributed by atoms with van der Waals surface area (Å²) < 4.78 is 12.4. The number of nitrogens with zero attached hydrogens (tertiary/aromatic N) is 3. The monoisotopic (exact) mass is 488 g/mol. The minimum Gasteiger partial charge on any atom is -0.497 e. The predicted molar refractivity (Wildman–Crippen MR) is 137 cm³/mol. The number of carbonyl (C=O) groups is 1. The molecular formula is C27H28N4O3S. The highest BCUT2D eigenvalue weighted by molar-refractivity contribution is 7.98. The second kappa shape index (κ2) is 12.2. The van der Waals surface area contributed by atoms with Crippen molar-refractivity contribution in [3.05, 3.63) is 101 Å². The topological polar surface area (TPSA) is 78.3 Å². The van der Waals surface area contributed by atoms with Crippen LogP contribution in [0.15, 0.2) is 84.0 Å². The van der Waals surface area contributed by atoms with Gasteiger partial charge < -0.3 is 14.8 Å². The van der Waals surface area contributed by atoms with E-state index in [0.29, 0.717) is 30.9 Å². The van der Waals surface area contributed by atoms with Crippen molar-refractivity contribution in [3.63, 3.8) is 0 Å². The van der Waals surface area contributed by atoms with Crippen LogP contribution in [-0.4, -0.2) is 48.0 Å². The lowest BCUT2D eigenvalue weighted by molar-refractivity contribution is 0.0937. The van der Waals surface area contributed by atoms with E-state index in [-0.39, 0.29) is 5.91 Å². The fourth-order valence-electron chi connectivity index (χ4n) is 3.55. The maximum Gasteiger partial charge on any atom is 0.251 e. The molecule has 7 nitrogen and oxygen atoms in total. The molecule has 0 spiro atoms. The number of rotatable bonds is 11. The van der Waals surface area contributed by atoms with Crippen molar-refractivity contribution in [2.45, 2.75) is 17.3 Å². The van der Waals surface area contributed by atoms with Gasteiger partial charge in [-0.2, -0.15) is 0 Å². The Morgan fingerprint density at radius 1 is 0.914 bits per heavy atom. The van der Waals surface area contributed by atoms with Crippen LogP contribution in [0.3, 0.4) is 0 Å². The van der Waals surface area contributed by atoms with Crippen LogP contribution in [0, 0.1) is 0 Å². The molecule has 0 unspecified atom stereocenters. The molecule has 0 atom stereocenters. The standard InChI is InChI=1S/C27H28N4O3S/c1-33-17-16-28-26(32)22-10-8-21(9-11-22)19-35-27-30-29-25(18-20-6-4-3-5-7-20)31(27)23-12-14-24(34-2)15-13-23/h3-15H,16-19H2,1-2H3,(H,28,32). The first-order valence-corrected chi connectivity index (χ1v) is 12.3. The lowest BCUT2D eigenvalue weighted by Gasteiger charge is -2.11. The second-order valence-corrected chi connectivity index (χ2v) is 8.77. The Kier molecular flexibility index (Phi) is 8.53. The molecule has 1 aromatic heterocycles. The van der Waals surface area contributed by atoms with Crippen molar-refractivity contribution in [2.75, 3.05) is 27.4 Å². The van der Waals surface area contributed by atoms with Crippen molar-refractivity contribution in [1.29, 1.82) is 0 Å². The van der Waals surface area contributed by atoms with Crippen LogP contribution >= 0.6 is 11.8 Å². The quantitative estimate of drug-likeness (QED) is 0.247. The second-order valence-electron chi connectivity index (χ2n) is 7.83. The lowest BCUT2D eigenvalue weighted by atomic mass is 10.1. The number of nitrogens with one attached hydrogen (secondary N) is 1. The predicted octanol–water partition coefficient (Wildman–Crippen LogP) is 4.54. The molecule has 0 aliphatic rings. The largest absolute Gasteiger partial charge is 0.497 e. The van der Waals surface area contributed by atoms with E-state index in [1.807, 2.05) is 66.7 Å². The summed E-state index contributed by atoms with van der Waals surface area (Å²) >= 11 is 1.61. The van der Waals surface area contributed by atoms with E-state index in [9.17, 15) is 4.79 Å². The number of aromatic nitrogens is 3. The van der Waals surface area contributed by atoms with Gasteiger partial charge in [0.05, 0.1) is 13.7 Å². The van der Waals surface area contributed by atoms with Crippen LogP contribution in [0.2, 0.25) is 0 Å². The smallest absolute Gasteiger partial charge is 0.251 e. The number of benzene rings is 3. The Hall–Kier alpha value is -3.62. The minimum absolute atomic E-state index is 0.106. The Bertz CT molecular complexity index is 1230. The van der Waals surface area contributed by atoms with E-state index in [0.717, 1.165) is 28.0 Å². The molecular weight excluding hydrogens is 460 g/mol. The molecule has 0 bridgehead atoms. The van der Waals surface area contributed by atoms with E-state index < -0.39 is 0 Å². The van der Waals surface area contributed by atoms with Crippen LogP contribution in [0.25, 0.3) is 5.69 Å². The summed E-state index contributed by atoms with van der Waals surface area (Å²) in [6.45, 7) is 0.973. The SMILES string of the molecule is COCCNC(=O)c1ccc(CSc2nnc(Cc3ccccc3)n2-c2ccc(OC)cc2)cc1. The molecule has 3 aromatic carbocycles. The molecule has 8 heteroatoms. The summed E-state index contributed by atoms with van der Waals surface area (Å²) in [4.78, 5) is 12.2. The van der Waals surface area contributed by atoms with E-state index in [1.165, 1.54) is 5.56 Å². The van der Waals surface area contributed by atoms with Crippen molar-refractivity contribution in [2.24, 2.45) is 0 Å². The third-order valence-electron chi connectivity index (χ3n) is 5.41. The van der Waals surface area contributed by atoms with Gasteiger partial charge in [-0.15, -0.1) is 10.2 Å². The molecule has 0 aliphatic heterocycles. The zero-order chi connectivity index (χ0) is 24.5. The van der Waals surface area contributed by atoms with Crippen molar-refractivity contribution >= 4 is 17.7 Å². The van der Waals surface area contributed by atoms with Gasteiger partial charge in [0.25, 0.3) is 5.91 Å². The Labute approximate surface area is 209 Å². The number of hydrogen-bond acceptors (Lipinski definition) is 6. The highest BCUT2D eigenvalue weighted by Crippen LogP contribution is 2.27. The summed E-state index contributed by atoms with van der Waals surface area (Å²) in [6, 6.07) is 25.8. The van der Waals surface area contributed by atoms with E-state index >= 15 is 0 Å². The molecule has 1 amide bonds. The zero-order valence-corrected chi connectivity index (χ0v) is 20.6. The molecule has 1 N–H and O–H groups in total. The molecule has 0 saturated heterocycles. The van der Waals surface area contributed by atoms with Gasteiger partial charge >= 0.3 is 0 Å². The normalized spacial score (nSPS) is 10.8. The van der Waals surface area contributed by atoms with Crippen molar-refractivity contribution in [3.8, 4) is 11.4 Å². The zero-order valence-electron chi connectivity index (χ0n) is 19.8. The fraction of sp³-hybridized carbons (Fsp3) is 0.222. The lowest BCUT2D eigenvalue weighted by Crippen LogP contribution is -2.26. The molecule has 0 aliphatic carbocycles. The van der Waals surface area contributed by atoms with Gasteiger partial charge in [0.15, 0.2) is 5.16 Å². The first kappa shape index (κ1) is 24.5. The molecule has 0 radical (unpaired) electrons. The molecule has 0 fully saturated rings. The average Bonchev–Trinajstić information content (AvgIpc) is 3.30. The van der Waals surface area contributed by atoms with Crippen LogP contribution in [0.4, 0.5) is 0 Å². The first-order valence-electron chi connectivity index (χ1n) is 11.3. The van der Waals surface area contributed by atoms with Crippen LogP contribution in [-0.2, 0) is 16.9 Å². The van der Waals surface area contributed by atoms with Gasteiger partial charge in [-0.1, -0.05) is 54.2 Å². The molecule has 35 heavy (non-hydrogen) atoms. The molecule has 180 valence electrons. The number of ether oxygens (including phenoxy) is 2. The third-order valence-corrected chi connectivity index (χ3v) is 6.41. The van der Waals surface area contributed by atoms with Gasteiger partial charge in [0.1, 0.15) is 11.6 Å². The van der Waals surface area contributed by atoms with Gasteiger partial charge in [-0.25, -0.2) is 0 Å². The van der Waals surface area contributed by atoms with Gasteiger partial charge in [-0.05, 0) is 47.5 Å². The highest BCUT2D eigenvalue weighted by atomic mass is 32.2. The van der Waals surface area contributed by atoms with Crippen LogP contribution < -0.4 is 10.1 Å². The van der Waals surface area contributed by atoms with Crippen LogP contribution in [0.5, 0.6) is 5.75 Å². The molecule has 4 rings (SSSR count). The maximum absolute atomic E-state index is 12.2. The number of carbonyl (C=O) groups excluding carboxylic acids is 1. The Balaban J connectivity index is 1.51. The number of amides is 1. The number of hydrogen-bond donors (Lipinski definition) is 1. The number of methoxy groups -OCH3 is 2. The average molecular weight is 489 g/mol. The summed E-state index contributed by atoms with van der Waals surface area (Å²) in [6.07, 6.45) is 0.674. The van der Waals surface area contributed by atoms with Gasteiger partial charge in [-0.3, -0.25) is 9.36 Å². The highest BCUT2D eigenvalue weighted by Gasteiger charge is 2.16. The molecule has 4 aromatic rings. The summed E-state index contributed by atoms with van der Waals surface area (Å²) in [5.74, 6) is 2.26. The van der Waals surface area contributed by atoms with Gasteiger partial charge in [0.2, 0.25) is 0 Å². The van der Waals surface area contributed by atoms with Crippen molar-refractivity contribution < 1.29 is 14.3 Å². The van der Waals surface area contributed by atoms with Crippen LogP contribution in [0.1, 0.15) is 27.3 Å². The van der Waals surface area contributed by atoms with E-state index in [1.54, 1.807) is 26.0 Å². The fourth-order valence-corrected chi connectivity index (χ4v) is 4.47. The van der Waals surface area contributed by atoms with E-state index in [4.69, 9.17) is 9.47 Å².